The van der Waals surface area contributed by atoms with Crippen LogP contribution in [0.25, 0.3) is 6.08 Å². The highest BCUT2D eigenvalue weighted by molar-refractivity contribution is 8.18. The van der Waals surface area contributed by atoms with Crippen molar-refractivity contribution < 1.29 is 23.5 Å². The van der Waals surface area contributed by atoms with E-state index in [1.54, 1.807) is 24.3 Å². The molecule has 0 N–H and O–H groups in total. The van der Waals surface area contributed by atoms with Gasteiger partial charge in [0.25, 0.3) is 11.1 Å². The van der Waals surface area contributed by atoms with Crippen LogP contribution in [0.4, 0.5) is 9.18 Å². The van der Waals surface area contributed by atoms with Gasteiger partial charge in [0.15, 0.2) is 11.5 Å². The van der Waals surface area contributed by atoms with Crippen LogP contribution in [-0.2, 0) is 11.3 Å². The van der Waals surface area contributed by atoms with E-state index in [-0.39, 0.29) is 22.0 Å². The second-order valence-corrected chi connectivity index (χ2v) is 6.95. The predicted octanol–water partition coefficient (Wildman–Crippen LogP) is 4.73. The number of imide groups is 1. The number of ether oxygens (including phenoxy) is 2. The Labute approximate surface area is 164 Å². The zero-order valence-electron chi connectivity index (χ0n) is 14.5. The minimum atomic E-state index is -0.569. The molecule has 1 fully saturated rings. The molecule has 1 aliphatic heterocycles. The van der Waals surface area contributed by atoms with Gasteiger partial charge in [-0.3, -0.25) is 14.5 Å². The lowest BCUT2D eigenvalue weighted by atomic mass is 10.1. The SMILES string of the molecule is COc1cccc(/C=C2/SC(=O)N(Cc3c(F)cccc3Cl)C2=O)c1OC. The van der Waals surface area contributed by atoms with Crippen LogP contribution in [0.3, 0.4) is 0 Å². The number of nitrogens with zero attached hydrogens (tertiary/aromatic N) is 1. The van der Waals surface area contributed by atoms with Gasteiger partial charge in [-0.05, 0) is 36.0 Å². The van der Waals surface area contributed by atoms with E-state index in [2.05, 4.69) is 0 Å². The summed E-state index contributed by atoms with van der Waals surface area (Å²) in [6, 6.07) is 9.42. The van der Waals surface area contributed by atoms with E-state index >= 15 is 0 Å². The summed E-state index contributed by atoms with van der Waals surface area (Å²) in [5.74, 6) is -0.137. The Morgan fingerprint density at radius 3 is 2.56 bits per heavy atom. The van der Waals surface area contributed by atoms with Gasteiger partial charge in [-0.15, -0.1) is 0 Å². The Morgan fingerprint density at radius 2 is 1.89 bits per heavy atom. The minimum Gasteiger partial charge on any atom is -0.493 e. The molecule has 8 heteroatoms. The van der Waals surface area contributed by atoms with E-state index in [0.29, 0.717) is 17.1 Å². The molecular weight excluding hydrogens is 393 g/mol. The zero-order valence-corrected chi connectivity index (χ0v) is 16.1. The van der Waals surface area contributed by atoms with Gasteiger partial charge < -0.3 is 9.47 Å². The minimum absolute atomic E-state index is 0.0988. The topological polar surface area (TPSA) is 55.8 Å². The fraction of sp³-hybridized carbons (Fsp3) is 0.158. The molecule has 27 heavy (non-hydrogen) atoms. The summed E-state index contributed by atoms with van der Waals surface area (Å²) >= 11 is 6.78. The highest BCUT2D eigenvalue weighted by Gasteiger charge is 2.36. The van der Waals surface area contributed by atoms with Crippen molar-refractivity contribution >= 4 is 40.6 Å². The first-order chi connectivity index (χ1) is 13.0. The lowest BCUT2D eigenvalue weighted by Crippen LogP contribution is -2.28. The molecule has 2 amide bonds. The quantitative estimate of drug-likeness (QED) is 0.670. The molecule has 1 aliphatic rings. The molecule has 0 bridgehead atoms. The van der Waals surface area contributed by atoms with Gasteiger partial charge in [0.05, 0.1) is 25.7 Å². The highest BCUT2D eigenvalue weighted by Crippen LogP contribution is 2.38. The third-order valence-corrected chi connectivity index (χ3v) is 5.23. The fourth-order valence-corrected chi connectivity index (χ4v) is 3.70. The van der Waals surface area contributed by atoms with Crippen molar-refractivity contribution in [1.29, 1.82) is 0 Å². The number of benzene rings is 2. The van der Waals surface area contributed by atoms with Crippen LogP contribution < -0.4 is 9.47 Å². The largest absolute Gasteiger partial charge is 0.493 e. The molecule has 2 aromatic rings. The van der Waals surface area contributed by atoms with Gasteiger partial charge in [0.1, 0.15) is 5.82 Å². The molecule has 5 nitrogen and oxygen atoms in total. The van der Waals surface area contributed by atoms with Gasteiger partial charge in [0.2, 0.25) is 0 Å². The molecule has 0 aliphatic carbocycles. The number of thioether (sulfide) groups is 1. The molecule has 0 unspecified atom stereocenters. The summed E-state index contributed by atoms with van der Waals surface area (Å²) in [6.45, 7) is -0.233. The Kier molecular flexibility index (Phi) is 5.72. The summed E-state index contributed by atoms with van der Waals surface area (Å²) in [5, 5.41) is -0.333. The first kappa shape index (κ1) is 19.3. The average Bonchev–Trinajstić information content (AvgIpc) is 2.91. The van der Waals surface area contributed by atoms with E-state index < -0.39 is 17.0 Å². The van der Waals surface area contributed by atoms with E-state index in [1.807, 2.05) is 0 Å². The molecule has 0 radical (unpaired) electrons. The number of halogens is 2. The maximum absolute atomic E-state index is 14.0. The van der Waals surface area contributed by atoms with Gasteiger partial charge in [0, 0.05) is 16.1 Å². The van der Waals surface area contributed by atoms with Gasteiger partial charge in [-0.25, -0.2) is 4.39 Å². The molecule has 0 saturated carbocycles. The molecule has 140 valence electrons. The van der Waals surface area contributed by atoms with E-state index in [9.17, 15) is 14.0 Å². The van der Waals surface area contributed by atoms with E-state index in [4.69, 9.17) is 21.1 Å². The molecule has 0 aromatic heterocycles. The number of amides is 2. The van der Waals surface area contributed by atoms with Crippen LogP contribution in [0, 0.1) is 5.82 Å². The van der Waals surface area contributed by atoms with Crippen LogP contribution >= 0.6 is 23.4 Å². The van der Waals surface area contributed by atoms with Crippen molar-refractivity contribution in [2.24, 2.45) is 0 Å². The maximum Gasteiger partial charge on any atom is 0.293 e. The summed E-state index contributed by atoms with van der Waals surface area (Å²) < 4.78 is 24.6. The van der Waals surface area contributed by atoms with Gasteiger partial charge >= 0.3 is 0 Å². The van der Waals surface area contributed by atoms with Crippen LogP contribution in [0.15, 0.2) is 41.3 Å². The number of para-hydroxylation sites is 1. The van der Waals surface area contributed by atoms with Crippen molar-refractivity contribution in [3.63, 3.8) is 0 Å². The normalized spacial score (nSPS) is 15.6. The Balaban J connectivity index is 1.92. The molecule has 1 heterocycles. The monoisotopic (exact) mass is 407 g/mol. The standard InChI is InChI=1S/C19H15ClFNO4S/c1-25-15-8-3-5-11(17(15)26-2)9-16-18(23)22(19(24)27-16)10-12-13(20)6-4-7-14(12)21/h3-9H,10H2,1-2H3/b16-9+. The maximum atomic E-state index is 14.0. The average molecular weight is 408 g/mol. The summed E-state index contributed by atoms with van der Waals surface area (Å²) in [5.41, 5.74) is 0.688. The van der Waals surface area contributed by atoms with E-state index in [1.165, 1.54) is 32.4 Å². The van der Waals surface area contributed by atoms with Crippen molar-refractivity contribution in [1.82, 2.24) is 4.90 Å². The Morgan fingerprint density at radius 1 is 1.15 bits per heavy atom. The lowest BCUT2D eigenvalue weighted by molar-refractivity contribution is -0.123. The first-order valence-corrected chi connectivity index (χ1v) is 9.05. The second-order valence-electron chi connectivity index (χ2n) is 5.55. The number of hydrogen-bond acceptors (Lipinski definition) is 5. The number of hydrogen-bond donors (Lipinski definition) is 0. The van der Waals surface area contributed by atoms with Crippen LogP contribution in [0.1, 0.15) is 11.1 Å². The highest BCUT2D eigenvalue weighted by atomic mass is 35.5. The van der Waals surface area contributed by atoms with Gasteiger partial charge in [-0.2, -0.15) is 0 Å². The number of carbonyl (C=O) groups excluding carboxylic acids is 2. The van der Waals surface area contributed by atoms with Crippen molar-refractivity contribution in [2.45, 2.75) is 6.54 Å². The van der Waals surface area contributed by atoms with Crippen molar-refractivity contribution in [2.75, 3.05) is 14.2 Å². The number of carbonyl (C=O) groups is 2. The third kappa shape index (κ3) is 3.79. The van der Waals surface area contributed by atoms with Crippen molar-refractivity contribution in [3.05, 3.63) is 63.3 Å². The van der Waals surface area contributed by atoms with Crippen LogP contribution in [0.5, 0.6) is 11.5 Å². The molecule has 2 aromatic carbocycles. The Bertz CT molecular complexity index is 927. The molecule has 3 rings (SSSR count). The fourth-order valence-electron chi connectivity index (χ4n) is 2.64. The molecule has 1 saturated heterocycles. The van der Waals surface area contributed by atoms with E-state index in [0.717, 1.165) is 16.7 Å². The molecule has 0 spiro atoms. The molecule has 0 atom stereocenters. The lowest BCUT2D eigenvalue weighted by Gasteiger charge is -2.14. The zero-order chi connectivity index (χ0) is 19.6. The van der Waals surface area contributed by atoms with Crippen molar-refractivity contribution in [3.8, 4) is 11.5 Å². The van der Waals surface area contributed by atoms with Crippen LogP contribution in [-0.4, -0.2) is 30.3 Å². The number of methoxy groups -OCH3 is 2. The smallest absolute Gasteiger partial charge is 0.293 e. The summed E-state index contributed by atoms with van der Waals surface area (Å²) in [4.78, 5) is 26.1. The first-order valence-electron chi connectivity index (χ1n) is 7.85. The Hall–Kier alpha value is -2.51. The van der Waals surface area contributed by atoms with Crippen LogP contribution in [0.2, 0.25) is 5.02 Å². The summed E-state index contributed by atoms with van der Waals surface area (Å²) in [7, 11) is 2.99. The number of rotatable bonds is 5. The summed E-state index contributed by atoms with van der Waals surface area (Å²) in [6.07, 6.45) is 1.55. The predicted molar refractivity (Wildman–Crippen MR) is 102 cm³/mol. The third-order valence-electron chi connectivity index (χ3n) is 3.97. The second kappa shape index (κ2) is 8.02. The van der Waals surface area contributed by atoms with Gasteiger partial charge in [-0.1, -0.05) is 29.8 Å². The molecular formula is C19H15ClFNO4S.